The van der Waals surface area contributed by atoms with Crippen molar-refractivity contribution in [2.75, 3.05) is 12.8 Å². The Bertz CT molecular complexity index is 1080. The minimum absolute atomic E-state index is 0.377. The zero-order valence-corrected chi connectivity index (χ0v) is 14.1. The molecule has 2 N–H and O–H groups in total. The SMILES string of the molecule is COn1c(-c2cccnc2N)nc2ccc(-c3ccccc3Cl)nc21. The third kappa shape index (κ3) is 2.56. The molecule has 3 heterocycles. The summed E-state index contributed by atoms with van der Waals surface area (Å²) < 4.78 is 1.54. The van der Waals surface area contributed by atoms with E-state index in [-0.39, 0.29) is 0 Å². The van der Waals surface area contributed by atoms with Crippen LogP contribution in [-0.2, 0) is 0 Å². The predicted octanol–water partition coefficient (Wildman–Crippen LogP) is 3.45. The Labute approximate surface area is 148 Å². The van der Waals surface area contributed by atoms with Crippen molar-refractivity contribution in [2.45, 2.75) is 0 Å². The van der Waals surface area contributed by atoms with Crippen LogP contribution in [0.1, 0.15) is 0 Å². The molecule has 1 aromatic carbocycles. The Morgan fingerprint density at radius 1 is 1.00 bits per heavy atom. The Morgan fingerprint density at radius 3 is 2.56 bits per heavy atom. The number of nitrogens with two attached hydrogens (primary N) is 1. The Morgan fingerprint density at radius 2 is 1.80 bits per heavy atom. The average Bonchev–Trinajstić information content (AvgIpc) is 3.00. The maximum Gasteiger partial charge on any atom is 0.197 e. The van der Waals surface area contributed by atoms with Crippen molar-refractivity contribution in [2.24, 2.45) is 0 Å². The smallest absolute Gasteiger partial charge is 0.197 e. The average molecular weight is 352 g/mol. The van der Waals surface area contributed by atoms with Gasteiger partial charge in [-0.3, -0.25) is 0 Å². The number of imidazole rings is 1. The summed E-state index contributed by atoms with van der Waals surface area (Å²) in [5.74, 6) is 0.925. The lowest BCUT2D eigenvalue weighted by molar-refractivity contribution is 0.180. The number of benzene rings is 1. The van der Waals surface area contributed by atoms with Crippen molar-refractivity contribution in [3.63, 3.8) is 0 Å². The molecule has 0 radical (unpaired) electrons. The molecule has 4 aromatic rings. The molecule has 6 nitrogen and oxygen atoms in total. The molecule has 0 aliphatic carbocycles. The van der Waals surface area contributed by atoms with Crippen LogP contribution in [0.5, 0.6) is 0 Å². The molecular formula is C18H14ClN5O. The molecule has 25 heavy (non-hydrogen) atoms. The van der Waals surface area contributed by atoms with Crippen LogP contribution in [-0.4, -0.2) is 26.8 Å². The van der Waals surface area contributed by atoms with E-state index < -0.39 is 0 Å². The van der Waals surface area contributed by atoms with Crippen LogP contribution in [0, 0.1) is 0 Å². The fourth-order valence-corrected chi connectivity index (χ4v) is 2.94. The predicted molar refractivity (Wildman–Crippen MR) is 98.1 cm³/mol. The highest BCUT2D eigenvalue weighted by Gasteiger charge is 2.18. The van der Waals surface area contributed by atoms with E-state index in [2.05, 4.69) is 15.0 Å². The standard InChI is InChI=1S/C18H14ClN5O/c1-25-24-17(12-6-4-10-21-16(12)20)23-15-9-8-14(22-18(15)24)11-5-2-3-7-13(11)19/h2-10H,1H3,(H2,20,21). The largest absolute Gasteiger partial charge is 0.413 e. The van der Waals surface area contributed by atoms with Gasteiger partial charge in [0.1, 0.15) is 18.4 Å². The van der Waals surface area contributed by atoms with Crippen molar-refractivity contribution >= 4 is 28.6 Å². The zero-order chi connectivity index (χ0) is 17.4. The Balaban J connectivity index is 1.95. The van der Waals surface area contributed by atoms with Crippen LogP contribution < -0.4 is 10.6 Å². The molecule has 0 atom stereocenters. The number of anilines is 1. The quantitative estimate of drug-likeness (QED) is 0.611. The van der Waals surface area contributed by atoms with Gasteiger partial charge in [0.05, 0.1) is 11.3 Å². The van der Waals surface area contributed by atoms with Gasteiger partial charge in [0.2, 0.25) is 0 Å². The van der Waals surface area contributed by atoms with Gasteiger partial charge in [-0.25, -0.2) is 15.0 Å². The molecule has 3 aromatic heterocycles. The summed E-state index contributed by atoms with van der Waals surface area (Å²) in [5, 5.41) is 0.634. The van der Waals surface area contributed by atoms with Gasteiger partial charge in [-0.05, 0) is 30.3 Å². The molecule has 0 saturated carbocycles. The number of halogens is 1. The van der Waals surface area contributed by atoms with E-state index >= 15 is 0 Å². The lowest BCUT2D eigenvalue weighted by Gasteiger charge is -2.08. The summed E-state index contributed by atoms with van der Waals surface area (Å²) in [7, 11) is 1.56. The molecule has 0 spiro atoms. The summed E-state index contributed by atoms with van der Waals surface area (Å²) in [5.41, 5.74) is 9.52. The summed E-state index contributed by atoms with van der Waals surface area (Å²) in [6.45, 7) is 0. The highest BCUT2D eigenvalue weighted by atomic mass is 35.5. The van der Waals surface area contributed by atoms with Crippen molar-refractivity contribution < 1.29 is 4.84 Å². The Hall–Kier alpha value is -3.12. The lowest BCUT2D eigenvalue weighted by atomic mass is 10.1. The Kier molecular flexibility index (Phi) is 3.74. The molecule has 0 fully saturated rings. The molecule has 0 amide bonds. The summed E-state index contributed by atoms with van der Waals surface area (Å²) in [6.07, 6.45) is 1.63. The number of pyridine rings is 2. The summed E-state index contributed by atoms with van der Waals surface area (Å²) in [6, 6.07) is 15.0. The number of nitrogen functional groups attached to an aromatic ring is 1. The first-order valence-corrected chi connectivity index (χ1v) is 7.96. The monoisotopic (exact) mass is 351 g/mol. The molecule has 0 bridgehead atoms. The van der Waals surface area contributed by atoms with Crippen molar-refractivity contribution in [3.8, 4) is 22.6 Å². The van der Waals surface area contributed by atoms with Crippen molar-refractivity contribution in [1.82, 2.24) is 19.7 Å². The highest BCUT2D eigenvalue weighted by Crippen LogP contribution is 2.30. The fraction of sp³-hybridized carbons (Fsp3) is 0.0556. The van der Waals surface area contributed by atoms with Gasteiger partial charge in [-0.15, -0.1) is 4.73 Å². The third-order valence-electron chi connectivity index (χ3n) is 3.88. The number of nitrogens with zero attached hydrogens (tertiary/aromatic N) is 4. The fourth-order valence-electron chi connectivity index (χ4n) is 2.71. The third-order valence-corrected chi connectivity index (χ3v) is 4.21. The van der Waals surface area contributed by atoms with E-state index in [0.29, 0.717) is 33.4 Å². The normalized spacial score (nSPS) is 11.0. The molecule has 0 aliphatic rings. The maximum absolute atomic E-state index is 6.29. The first-order valence-electron chi connectivity index (χ1n) is 7.59. The topological polar surface area (TPSA) is 78.9 Å². The van der Waals surface area contributed by atoms with Gasteiger partial charge >= 0.3 is 0 Å². The van der Waals surface area contributed by atoms with Crippen LogP contribution in [0.25, 0.3) is 33.8 Å². The lowest BCUT2D eigenvalue weighted by Crippen LogP contribution is -2.09. The molecule has 0 saturated heterocycles. The minimum atomic E-state index is 0.377. The van der Waals surface area contributed by atoms with Crippen molar-refractivity contribution in [1.29, 1.82) is 0 Å². The first-order chi connectivity index (χ1) is 12.2. The minimum Gasteiger partial charge on any atom is -0.413 e. The molecule has 4 rings (SSSR count). The number of aromatic nitrogens is 4. The number of rotatable bonds is 3. The summed E-state index contributed by atoms with van der Waals surface area (Å²) in [4.78, 5) is 18.9. The molecular weight excluding hydrogens is 338 g/mol. The number of hydrogen-bond donors (Lipinski definition) is 1. The highest BCUT2D eigenvalue weighted by molar-refractivity contribution is 6.33. The molecule has 0 aliphatic heterocycles. The molecule has 7 heteroatoms. The van der Waals surface area contributed by atoms with Gasteiger partial charge in [0, 0.05) is 16.8 Å². The van der Waals surface area contributed by atoms with Crippen LogP contribution in [0.2, 0.25) is 5.02 Å². The van der Waals surface area contributed by atoms with E-state index in [1.54, 1.807) is 24.1 Å². The van der Waals surface area contributed by atoms with Crippen LogP contribution >= 0.6 is 11.6 Å². The van der Waals surface area contributed by atoms with Gasteiger partial charge in [-0.1, -0.05) is 29.8 Å². The number of fused-ring (bicyclic) bond motifs is 1. The van der Waals surface area contributed by atoms with E-state index in [0.717, 1.165) is 11.3 Å². The van der Waals surface area contributed by atoms with Crippen molar-refractivity contribution in [3.05, 3.63) is 59.8 Å². The molecule has 0 unspecified atom stereocenters. The van der Waals surface area contributed by atoms with Crippen LogP contribution in [0.15, 0.2) is 54.7 Å². The van der Waals surface area contributed by atoms with Gasteiger partial charge in [0.15, 0.2) is 11.5 Å². The van der Waals surface area contributed by atoms with E-state index in [9.17, 15) is 0 Å². The first kappa shape index (κ1) is 15.4. The van der Waals surface area contributed by atoms with E-state index in [1.807, 2.05) is 42.5 Å². The second-order valence-electron chi connectivity index (χ2n) is 5.37. The van der Waals surface area contributed by atoms with Gasteiger partial charge < -0.3 is 10.6 Å². The maximum atomic E-state index is 6.29. The van der Waals surface area contributed by atoms with Gasteiger partial charge in [0.25, 0.3) is 0 Å². The van der Waals surface area contributed by atoms with Crippen LogP contribution in [0.4, 0.5) is 5.82 Å². The summed E-state index contributed by atoms with van der Waals surface area (Å²) >= 11 is 6.29. The second-order valence-corrected chi connectivity index (χ2v) is 5.77. The van der Waals surface area contributed by atoms with E-state index in [1.165, 1.54) is 0 Å². The second kappa shape index (κ2) is 6.07. The number of hydrogen-bond acceptors (Lipinski definition) is 5. The zero-order valence-electron chi connectivity index (χ0n) is 13.3. The molecule has 124 valence electrons. The van der Waals surface area contributed by atoms with Crippen LogP contribution in [0.3, 0.4) is 0 Å². The van der Waals surface area contributed by atoms with E-state index in [4.69, 9.17) is 22.2 Å². The van der Waals surface area contributed by atoms with Gasteiger partial charge in [-0.2, -0.15) is 0 Å².